The normalized spacial score (nSPS) is 22.9. The van der Waals surface area contributed by atoms with E-state index < -0.39 is 0 Å². The first kappa shape index (κ1) is 18.3. The number of benzene rings is 1. The van der Waals surface area contributed by atoms with E-state index in [1.54, 1.807) is 4.90 Å². The van der Waals surface area contributed by atoms with Gasteiger partial charge in [-0.3, -0.25) is 9.69 Å². The summed E-state index contributed by atoms with van der Waals surface area (Å²) in [6.07, 6.45) is 4.46. The zero-order valence-corrected chi connectivity index (χ0v) is 15.9. The van der Waals surface area contributed by atoms with Crippen LogP contribution in [-0.2, 0) is 16.0 Å². The standard InChI is InChI=1S/C21H29N3O3/c25-19(15-24-16-21(27-20(24)26)8-10-22-11-9-21)23-12-6-18(7-13-23)14-17-4-2-1-3-5-17/h1-5,18,22H,6-16H2. The highest BCUT2D eigenvalue weighted by atomic mass is 16.6. The van der Waals surface area contributed by atoms with Gasteiger partial charge in [0.15, 0.2) is 0 Å². The third-order valence-corrected chi connectivity index (χ3v) is 6.22. The molecule has 0 radical (unpaired) electrons. The molecule has 1 aromatic rings. The van der Waals surface area contributed by atoms with Crippen molar-refractivity contribution in [2.45, 2.75) is 37.7 Å². The fraction of sp³-hybridized carbons (Fsp3) is 0.619. The highest BCUT2D eigenvalue weighted by Crippen LogP contribution is 2.31. The summed E-state index contributed by atoms with van der Waals surface area (Å²) in [5.74, 6) is 0.683. The highest BCUT2D eigenvalue weighted by Gasteiger charge is 2.46. The average Bonchev–Trinajstić information content (AvgIpc) is 2.98. The third kappa shape index (κ3) is 4.26. The van der Waals surface area contributed by atoms with E-state index in [0.717, 1.165) is 58.3 Å². The second-order valence-corrected chi connectivity index (χ2v) is 8.17. The van der Waals surface area contributed by atoms with Gasteiger partial charge in [0.05, 0.1) is 6.54 Å². The molecule has 0 aromatic heterocycles. The first-order valence-corrected chi connectivity index (χ1v) is 10.1. The Hall–Kier alpha value is -2.08. The molecular weight excluding hydrogens is 342 g/mol. The van der Waals surface area contributed by atoms with Crippen LogP contribution in [0.2, 0.25) is 0 Å². The molecule has 0 saturated carbocycles. The summed E-state index contributed by atoms with van der Waals surface area (Å²) in [5.41, 5.74) is 0.986. The van der Waals surface area contributed by atoms with Gasteiger partial charge in [-0.25, -0.2) is 4.79 Å². The Bertz CT molecular complexity index is 665. The Balaban J connectivity index is 1.25. The number of hydrogen-bond acceptors (Lipinski definition) is 4. The third-order valence-electron chi connectivity index (χ3n) is 6.22. The Morgan fingerprint density at radius 2 is 1.85 bits per heavy atom. The summed E-state index contributed by atoms with van der Waals surface area (Å²) in [5, 5.41) is 3.29. The molecule has 6 heteroatoms. The van der Waals surface area contributed by atoms with Crippen molar-refractivity contribution in [1.29, 1.82) is 0 Å². The van der Waals surface area contributed by atoms with Crippen molar-refractivity contribution in [2.75, 3.05) is 39.3 Å². The molecule has 4 rings (SSSR count). The predicted octanol–water partition coefficient (Wildman–Crippen LogP) is 2.04. The maximum absolute atomic E-state index is 12.7. The van der Waals surface area contributed by atoms with E-state index in [2.05, 4.69) is 29.6 Å². The summed E-state index contributed by atoms with van der Waals surface area (Å²) >= 11 is 0. The van der Waals surface area contributed by atoms with E-state index in [0.29, 0.717) is 12.5 Å². The minimum absolute atomic E-state index is 0.0519. The Morgan fingerprint density at radius 1 is 1.15 bits per heavy atom. The van der Waals surface area contributed by atoms with Crippen LogP contribution >= 0.6 is 0 Å². The summed E-state index contributed by atoms with van der Waals surface area (Å²) < 4.78 is 5.65. The molecule has 3 saturated heterocycles. The molecular formula is C21H29N3O3. The number of rotatable bonds is 4. The average molecular weight is 371 g/mol. The second kappa shape index (κ2) is 7.89. The maximum atomic E-state index is 12.7. The smallest absolute Gasteiger partial charge is 0.410 e. The molecule has 1 N–H and O–H groups in total. The van der Waals surface area contributed by atoms with Gasteiger partial charge in [0.1, 0.15) is 12.1 Å². The number of amides is 2. The van der Waals surface area contributed by atoms with Gasteiger partial charge >= 0.3 is 6.09 Å². The Kier molecular flexibility index (Phi) is 5.34. The Labute approximate surface area is 160 Å². The number of carbonyl (C=O) groups is 2. The number of nitrogens with one attached hydrogen (secondary N) is 1. The van der Waals surface area contributed by atoms with Gasteiger partial charge in [-0.15, -0.1) is 0 Å². The van der Waals surface area contributed by atoms with E-state index >= 15 is 0 Å². The van der Waals surface area contributed by atoms with Crippen LogP contribution in [0.1, 0.15) is 31.2 Å². The SMILES string of the molecule is O=C(CN1CC2(CCNCC2)OC1=O)N1CCC(Cc2ccccc2)CC1. The second-order valence-electron chi connectivity index (χ2n) is 8.17. The lowest BCUT2D eigenvalue weighted by Gasteiger charge is -2.33. The van der Waals surface area contributed by atoms with Crippen LogP contribution in [0.3, 0.4) is 0 Å². The van der Waals surface area contributed by atoms with Crippen LogP contribution in [0.4, 0.5) is 4.79 Å². The zero-order valence-electron chi connectivity index (χ0n) is 15.9. The number of likely N-dealkylation sites (tertiary alicyclic amines) is 1. The number of piperidine rings is 2. The summed E-state index contributed by atoms with van der Waals surface area (Å²) in [7, 11) is 0. The van der Waals surface area contributed by atoms with Crippen LogP contribution in [0.25, 0.3) is 0 Å². The molecule has 3 aliphatic rings. The van der Waals surface area contributed by atoms with Crippen LogP contribution in [0, 0.1) is 5.92 Å². The molecule has 0 atom stereocenters. The van der Waals surface area contributed by atoms with Crippen molar-refractivity contribution < 1.29 is 14.3 Å². The van der Waals surface area contributed by atoms with E-state index in [-0.39, 0.29) is 24.1 Å². The molecule has 3 aliphatic heterocycles. The van der Waals surface area contributed by atoms with Crippen molar-refractivity contribution in [1.82, 2.24) is 15.1 Å². The quantitative estimate of drug-likeness (QED) is 0.880. The number of ether oxygens (including phenoxy) is 1. The fourth-order valence-electron chi connectivity index (χ4n) is 4.55. The first-order valence-electron chi connectivity index (χ1n) is 10.1. The maximum Gasteiger partial charge on any atom is 0.410 e. The highest BCUT2D eigenvalue weighted by molar-refractivity contribution is 5.83. The molecule has 0 bridgehead atoms. The van der Waals surface area contributed by atoms with Gasteiger partial charge in [0.2, 0.25) is 5.91 Å². The van der Waals surface area contributed by atoms with Gasteiger partial charge in [-0.05, 0) is 43.8 Å². The van der Waals surface area contributed by atoms with Crippen LogP contribution in [0.5, 0.6) is 0 Å². The van der Waals surface area contributed by atoms with Crippen molar-refractivity contribution in [3.05, 3.63) is 35.9 Å². The molecule has 6 nitrogen and oxygen atoms in total. The van der Waals surface area contributed by atoms with Crippen molar-refractivity contribution >= 4 is 12.0 Å². The number of carbonyl (C=O) groups excluding carboxylic acids is 2. The summed E-state index contributed by atoms with van der Waals surface area (Å²) in [6, 6.07) is 10.6. The Morgan fingerprint density at radius 3 is 2.56 bits per heavy atom. The molecule has 0 aliphatic carbocycles. The van der Waals surface area contributed by atoms with Crippen molar-refractivity contribution in [2.24, 2.45) is 5.92 Å². The van der Waals surface area contributed by atoms with Gasteiger partial charge in [-0.1, -0.05) is 30.3 Å². The lowest BCUT2D eigenvalue weighted by Crippen LogP contribution is -2.47. The predicted molar refractivity (Wildman–Crippen MR) is 102 cm³/mol. The summed E-state index contributed by atoms with van der Waals surface area (Å²) in [4.78, 5) is 28.5. The van der Waals surface area contributed by atoms with Crippen molar-refractivity contribution in [3.8, 4) is 0 Å². The monoisotopic (exact) mass is 371 g/mol. The lowest BCUT2D eigenvalue weighted by atomic mass is 9.90. The molecule has 3 heterocycles. The van der Waals surface area contributed by atoms with E-state index in [1.165, 1.54) is 5.56 Å². The molecule has 2 amide bonds. The van der Waals surface area contributed by atoms with E-state index in [4.69, 9.17) is 4.74 Å². The van der Waals surface area contributed by atoms with Gasteiger partial charge < -0.3 is 15.0 Å². The van der Waals surface area contributed by atoms with Gasteiger partial charge in [0.25, 0.3) is 0 Å². The van der Waals surface area contributed by atoms with Crippen LogP contribution in [0.15, 0.2) is 30.3 Å². The minimum Gasteiger partial charge on any atom is -0.441 e. The molecule has 3 fully saturated rings. The fourth-order valence-corrected chi connectivity index (χ4v) is 4.55. The van der Waals surface area contributed by atoms with Gasteiger partial charge in [0, 0.05) is 25.9 Å². The molecule has 0 unspecified atom stereocenters. The lowest BCUT2D eigenvalue weighted by molar-refractivity contribution is -0.133. The minimum atomic E-state index is -0.384. The van der Waals surface area contributed by atoms with Crippen LogP contribution in [-0.4, -0.2) is 66.7 Å². The summed E-state index contributed by atoms with van der Waals surface area (Å²) in [6.45, 7) is 4.00. The largest absolute Gasteiger partial charge is 0.441 e. The van der Waals surface area contributed by atoms with Crippen LogP contribution < -0.4 is 5.32 Å². The van der Waals surface area contributed by atoms with E-state index in [9.17, 15) is 9.59 Å². The van der Waals surface area contributed by atoms with Crippen molar-refractivity contribution in [3.63, 3.8) is 0 Å². The number of hydrogen-bond donors (Lipinski definition) is 1. The zero-order chi connectivity index (χ0) is 18.7. The molecule has 1 aromatic carbocycles. The molecule has 1 spiro atoms. The molecule has 146 valence electrons. The van der Waals surface area contributed by atoms with E-state index in [1.807, 2.05) is 11.0 Å². The van der Waals surface area contributed by atoms with Gasteiger partial charge in [-0.2, -0.15) is 0 Å². The topological polar surface area (TPSA) is 61.9 Å². The number of nitrogens with zero attached hydrogens (tertiary/aromatic N) is 2. The first-order chi connectivity index (χ1) is 13.1. The molecule has 27 heavy (non-hydrogen) atoms.